The van der Waals surface area contributed by atoms with E-state index in [-0.39, 0.29) is 6.04 Å². The minimum Gasteiger partial charge on any atom is -0.496 e. The van der Waals surface area contributed by atoms with Crippen LogP contribution in [0.5, 0.6) is 0 Å². The van der Waals surface area contributed by atoms with Gasteiger partial charge >= 0.3 is 0 Å². The van der Waals surface area contributed by atoms with Gasteiger partial charge in [0.05, 0.1) is 12.6 Å². The molecule has 0 fully saturated rings. The molecule has 0 aliphatic carbocycles. The molecule has 1 unspecified atom stereocenters. The summed E-state index contributed by atoms with van der Waals surface area (Å²) >= 11 is 0. The average Bonchev–Trinajstić information content (AvgIpc) is 2.65. The van der Waals surface area contributed by atoms with Gasteiger partial charge in [-0.3, -0.25) is 0 Å². The summed E-state index contributed by atoms with van der Waals surface area (Å²) in [4.78, 5) is 0. The molecule has 0 spiro atoms. The van der Waals surface area contributed by atoms with Crippen LogP contribution >= 0.6 is 0 Å². The lowest BCUT2D eigenvalue weighted by Crippen LogP contribution is -2.23. The number of hydrogen-bond donors (Lipinski definition) is 1. The molecule has 76 valence electrons. The summed E-state index contributed by atoms with van der Waals surface area (Å²) in [5.41, 5.74) is 5.91. The molecule has 0 radical (unpaired) electrons. The first kappa shape index (κ1) is 10.5. The van der Waals surface area contributed by atoms with Crippen molar-refractivity contribution in [1.82, 2.24) is 0 Å². The fraction of sp³-hybridized carbons (Fsp3) is 0.800. The van der Waals surface area contributed by atoms with E-state index in [1.165, 1.54) is 0 Å². The van der Waals surface area contributed by atoms with Crippen LogP contribution < -0.4 is 5.73 Å². The van der Waals surface area contributed by atoms with Crippen LogP contribution in [0, 0.1) is 0 Å². The molecular weight excluding hydrogens is 166 g/mol. The van der Waals surface area contributed by atoms with Gasteiger partial charge in [0.2, 0.25) is 0 Å². The third kappa shape index (κ3) is 3.79. The topological polar surface area (TPSA) is 44.5 Å². The van der Waals surface area contributed by atoms with E-state index in [0.29, 0.717) is 0 Å². The predicted molar refractivity (Wildman–Crippen MR) is 52.4 cm³/mol. The van der Waals surface area contributed by atoms with Crippen molar-refractivity contribution in [2.24, 2.45) is 5.73 Å². The van der Waals surface area contributed by atoms with E-state index in [1.54, 1.807) is 0 Å². The zero-order chi connectivity index (χ0) is 9.52. The fourth-order valence-corrected chi connectivity index (χ4v) is 1.39. The van der Waals surface area contributed by atoms with Gasteiger partial charge in [-0.1, -0.05) is 0 Å². The highest BCUT2D eigenvalue weighted by Crippen LogP contribution is 2.14. The summed E-state index contributed by atoms with van der Waals surface area (Å²) < 4.78 is 10.6. The Morgan fingerprint density at radius 3 is 3.15 bits per heavy atom. The minimum absolute atomic E-state index is 0.0722. The molecule has 1 atom stereocenters. The number of ether oxygens (including phenoxy) is 2. The summed E-state index contributed by atoms with van der Waals surface area (Å²) in [5.74, 6) is 0.969. The Hall–Kier alpha value is -0.540. The molecule has 0 saturated carbocycles. The van der Waals surface area contributed by atoms with Crippen LogP contribution in [-0.2, 0) is 9.47 Å². The molecule has 3 nitrogen and oxygen atoms in total. The van der Waals surface area contributed by atoms with Crippen molar-refractivity contribution in [3.05, 3.63) is 11.8 Å². The van der Waals surface area contributed by atoms with Gasteiger partial charge in [0.15, 0.2) is 0 Å². The van der Waals surface area contributed by atoms with Crippen molar-refractivity contribution < 1.29 is 9.47 Å². The standard InChI is InChI=1S/C10H19NO2/c1-2-12-7-3-5-9(11)10-6-4-8-13-10/h6,9H,2-5,7-8,11H2,1H3. The van der Waals surface area contributed by atoms with E-state index in [4.69, 9.17) is 15.2 Å². The molecule has 1 aliphatic rings. The first-order chi connectivity index (χ1) is 6.34. The van der Waals surface area contributed by atoms with Gasteiger partial charge in [-0.15, -0.1) is 0 Å². The zero-order valence-electron chi connectivity index (χ0n) is 8.29. The lowest BCUT2D eigenvalue weighted by atomic mass is 10.1. The van der Waals surface area contributed by atoms with Gasteiger partial charge in [-0.2, -0.15) is 0 Å². The summed E-state index contributed by atoms with van der Waals surface area (Å²) in [5, 5.41) is 0. The highest BCUT2D eigenvalue weighted by Gasteiger charge is 2.13. The van der Waals surface area contributed by atoms with Crippen LogP contribution in [0.25, 0.3) is 0 Å². The molecule has 0 aromatic carbocycles. The molecule has 0 saturated heterocycles. The smallest absolute Gasteiger partial charge is 0.109 e. The van der Waals surface area contributed by atoms with Crippen molar-refractivity contribution in [1.29, 1.82) is 0 Å². The normalized spacial score (nSPS) is 18.2. The van der Waals surface area contributed by atoms with Gasteiger partial charge in [-0.05, 0) is 25.8 Å². The maximum absolute atomic E-state index is 5.91. The molecule has 0 amide bonds. The van der Waals surface area contributed by atoms with Crippen LogP contribution in [-0.4, -0.2) is 25.9 Å². The molecule has 3 heteroatoms. The second-order valence-electron chi connectivity index (χ2n) is 3.19. The highest BCUT2D eigenvalue weighted by molar-refractivity contribution is 5.05. The SMILES string of the molecule is CCOCCCC(N)C1=CCCO1. The maximum atomic E-state index is 5.91. The lowest BCUT2D eigenvalue weighted by molar-refractivity contribution is 0.140. The quantitative estimate of drug-likeness (QED) is 0.637. The van der Waals surface area contributed by atoms with E-state index >= 15 is 0 Å². The molecule has 0 aromatic rings. The van der Waals surface area contributed by atoms with Crippen molar-refractivity contribution in [2.75, 3.05) is 19.8 Å². The fourth-order valence-electron chi connectivity index (χ4n) is 1.39. The summed E-state index contributed by atoms with van der Waals surface area (Å²) in [6.07, 6.45) is 5.06. The Morgan fingerprint density at radius 2 is 2.54 bits per heavy atom. The third-order valence-corrected chi connectivity index (χ3v) is 2.11. The van der Waals surface area contributed by atoms with Crippen molar-refractivity contribution in [3.63, 3.8) is 0 Å². The Morgan fingerprint density at radius 1 is 1.69 bits per heavy atom. The highest BCUT2D eigenvalue weighted by atomic mass is 16.5. The lowest BCUT2D eigenvalue weighted by Gasteiger charge is -2.12. The van der Waals surface area contributed by atoms with Crippen molar-refractivity contribution in [3.8, 4) is 0 Å². The van der Waals surface area contributed by atoms with Crippen molar-refractivity contribution >= 4 is 0 Å². The predicted octanol–water partition coefficient (Wildman–Crippen LogP) is 1.43. The monoisotopic (exact) mass is 185 g/mol. The first-order valence-electron chi connectivity index (χ1n) is 5.00. The van der Waals surface area contributed by atoms with Crippen molar-refractivity contribution in [2.45, 2.75) is 32.2 Å². The zero-order valence-corrected chi connectivity index (χ0v) is 8.29. The molecule has 2 N–H and O–H groups in total. The number of rotatable bonds is 6. The Labute approximate surface area is 79.9 Å². The second-order valence-corrected chi connectivity index (χ2v) is 3.19. The largest absolute Gasteiger partial charge is 0.496 e. The Balaban J connectivity index is 2.06. The minimum atomic E-state index is 0.0722. The van der Waals surface area contributed by atoms with Gasteiger partial charge in [-0.25, -0.2) is 0 Å². The molecular formula is C10H19NO2. The number of hydrogen-bond acceptors (Lipinski definition) is 3. The van der Waals surface area contributed by atoms with E-state index < -0.39 is 0 Å². The third-order valence-electron chi connectivity index (χ3n) is 2.11. The molecule has 1 heterocycles. The van der Waals surface area contributed by atoms with Crippen LogP contribution in [0.15, 0.2) is 11.8 Å². The van der Waals surface area contributed by atoms with Gasteiger partial charge < -0.3 is 15.2 Å². The van der Waals surface area contributed by atoms with Crippen LogP contribution in [0.1, 0.15) is 26.2 Å². The van der Waals surface area contributed by atoms with Gasteiger partial charge in [0, 0.05) is 19.6 Å². The van der Waals surface area contributed by atoms with Gasteiger partial charge in [0.25, 0.3) is 0 Å². The second kappa shape index (κ2) is 6.00. The summed E-state index contributed by atoms with van der Waals surface area (Å²) in [6, 6.07) is 0.0722. The Kier molecular flexibility index (Phi) is 4.86. The van der Waals surface area contributed by atoms with Crippen LogP contribution in [0.3, 0.4) is 0 Å². The van der Waals surface area contributed by atoms with E-state index in [9.17, 15) is 0 Å². The van der Waals surface area contributed by atoms with Gasteiger partial charge in [0.1, 0.15) is 5.76 Å². The van der Waals surface area contributed by atoms with E-state index in [0.717, 1.165) is 44.8 Å². The average molecular weight is 185 g/mol. The van der Waals surface area contributed by atoms with E-state index in [2.05, 4.69) is 6.08 Å². The molecule has 0 bridgehead atoms. The van der Waals surface area contributed by atoms with Crippen LogP contribution in [0.4, 0.5) is 0 Å². The molecule has 0 aromatic heterocycles. The van der Waals surface area contributed by atoms with E-state index in [1.807, 2.05) is 6.92 Å². The number of nitrogens with two attached hydrogens (primary N) is 1. The summed E-state index contributed by atoms with van der Waals surface area (Å²) in [6.45, 7) is 4.39. The first-order valence-corrected chi connectivity index (χ1v) is 5.00. The van der Waals surface area contributed by atoms with Crippen LogP contribution in [0.2, 0.25) is 0 Å². The maximum Gasteiger partial charge on any atom is 0.109 e. The molecule has 13 heavy (non-hydrogen) atoms. The molecule has 1 aliphatic heterocycles. The Bertz CT molecular complexity index is 168. The summed E-state index contributed by atoms with van der Waals surface area (Å²) in [7, 11) is 0. The molecule has 1 rings (SSSR count).